The molecule has 2 aromatic rings. The van der Waals surface area contributed by atoms with Gasteiger partial charge in [-0.15, -0.1) is 0 Å². The van der Waals surface area contributed by atoms with Crippen LogP contribution in [0.3, 0.4) is 0 Å². The number of anilines is 2. The molecule has 0 saturated carbocycles. The molecule has 1 N–H and O–H groups in total. The number of carbonyl (C=O) groups excluding carboxylic acids is 2. The Kier molecular flexibility index (Phi) is 6.30. The van der Waals surface area contributed by atoms with Crippen molar-refractivity contribution in [1.29, 1.82) is 0 Å². The average molecular weight is 436 g/mol. The molecular formula is C17H17FN6O5S. The second kappa shape index (κ2) is 8.90. The Morgan fingerprint density at radius 3 is 2.77 bits per heavy atom. The lowest BCUT2D eigenvalue weighted by Crippen LogP contribution is -2.32. The van der Waals surface area contributed by atoms with Crippen LogP contribution in [0.15, 0.2) is 30.6 Å². The first-order chi connectivity index (χ1) is 14.2. The quantitative estimate of drug-likeness (QED) is 0.383. The summed E-state index contributed by atoms with van der Waals surface area (Å²) in [5.41, 5.74) is 0.301. The van der Waals surface area contributed by atoms with Gasteiger partial charge in [0.2, 0.25) is 0 Å². The molecule has 0 radical (unpaired) electrons. The molecule has 0 aliphatic carbocycles. The van der Waals surface area contributed by atoms with Gasteiger partial charge in [-0.3, -0.25) is 19.8 Å². The molecule has 1 fully saturated rings. The lowest BCUT2D eigenvalue weighted by Gasteiger charge is -2.21. The Bertz CT molecular complexity index is 976. The fraction of sp³-hybridized carbons (Fsp3) is 0.294. The third-order valence-electron chi connectivity index (χ3n) is 4.29. The lowest BCUT2D eigenvalue weighted by atomic mass is 10.2. The number of carbonyl (C=O) groups is 2. The van der Waals surface area contributed by atoms with Crippen LogP contribution in [0.4, 0.5) is 31.0 Å². The van der Waals surface area contributed by atoms with E-state index in [1.807, 2.05) is 0 Å². The molecule has 1 unspecified atom stereocenters. The number of cyclic esters (lactones) is 1. The maximum atomic E-state index is 14.7. The number of hydrogen-bond acceptors (Lipinski definition) is 8. The zero-order valence-corrected chi connectivity index (χ0v) is 16.6. The van der Waals surface area contributed by atoms with Crippen LogP contribution in [0.5, 0.6) is 0 Å². The topological polar surface area (TPSA) is 131 Å². The van der Waals surface area contributed by atoms with Gasteiger partial charge >= 0.3 is 11.8 Å². The number of nitrogens with one attached hydrogen (secondary N) is 1. The number of hydrogen-bond donors (Lipinski definition) is 2. The SMILES string of the molecule is CN(Cc1ncc([N+](=O)[O-])cn1)c1ccc(N2CC(CNC(=O)S)OC2=O)cc1F. The van der Waals surface area contributed by atoms with Crippen molar-refractivity contribution in [3.05, 3.63) is 52.3 Å². The number of ether oxygens (including phenoxy) is 1. The summed E-state index contributed by atoms with van der Waals surface area (Å²) >= 11 is 3.58. The molecule has 2 amide bonds. The third-order valence-corrected chi connectivity index (χ3v) is 4.45. The summed E-state index contributed by atoms with van der Waals surface area (Å²) in [5.74, 6) is -0.305. The Morgan fingerprint density at radius 2 is 2.17 bits per heavy atom. The maximum Gasteiger partial charge on any atom is 0.414 e. The molecule has 158 valence electrons. The van der Waals surface area contributed by atoms with Gasteiger partial charge in [0.15, 0.2) is 0 Å². The Balaban J connectivity index is 1.68. The molecule has 1 aromatic heterocycles. The van der Waals surface area contributed by atoms with Gasteiger partial charge in [-0.1, -0.05) is 12.6 Å². The van der Waals surface area contributed by atoms with E-state index >= 15 is 0 Å². The monoisotopic (exact) mass is 436 g/mol. The van der Waals surface area contributed by atoms with E-state index in [-0.39, 0.29) is 36.8 Å². The molecule has 0 bridgehead atoms. The van der Waals surface area contributed by atoms with Crippen molar-refractivity contribution in [2.45, 2.75) is 12.6 Å². The molecule has 0 spiro atoms. The molecule has 13 heteroatoms. The minimum atomic E-state index is -0.645. The van der Waals surface area contributed by atoms with E-state index < -0.39 is 28.2 Å². The summed E-state index contributed by atoms with van der Waals surface area (Å²) in [7, 11) is 1.61. The van der Waals surface area contributed by atoms with E-state index in [4.69, 9.17) is 4.74 Å². The summed E-state index contributed by atoms with van der Waals surface area (Å²) < 4.78 is 19.8. The van der Waals surface area contributed by atoms with Crippen LogP contribution in [-0.2, 0) is 11.3 Å². The lowest BCUT2D eigenvalue weighted by molar-refractivity contribution is -0.385. The number of nitrogens with zero attached hydrogens (tertiary/aromatic N) is 5. The van der Waals surface area contributed by atoms with Crippen molar-refractivity contribution in [2.24, 2.45) is 0 Å². The molecular weight excluding hydrogens is 419 g/mol. The Labute approximate surface area is 175 Å². The minimum Gasteiger partial charge on any atom is -0.442 e. The van der Waals surface area contributed by atoms with Crippen LogP contribution in [0.25, 0.3) is 0 Å². The predicted molar refractivity (Wildman–Crippen MR) is 107 cm³/mol. The molecule has 1 aliphatic rings. The summed E-state index contributed by atoms with van der Waals surface area (Å²) in [4.78, 5) is 43.6. The van der Waals surface area contributed by atoms with Crippen LogP contribution in [-0.4, -0.2) is 52.5 Å². The molecule has 3 rings (SSSR count). The second-order valence-corrected chi connectivity index (χ2v) is 6.81. The summed E-state index contributed by atoms with van der Waals surface area (Å²) in [6.45, 7) is 0.368. The van der Waals surface area contributed by atoms with Crippen molar-refractivity contribution in [2.75, 3.05) is 29.9 Å². The van der Waals surface area contributed by atoms with Crippen LogP contribution in [0, 0.1) is 15.9 Å². The average Bonchev–Trinajstić information content (AvgIpc) is 3.07. The zero-order valence-electron chi connectivity index (χ0n) is 15.7. The summed E-state index contributed by atoms with van der Waals surface area (Å²) in [6, 6.07) is 4.25. The number of rotatable bonds is 7. The first kappa shape index (κ1) is 21.2. The van der Waals surface area contributed by atoms with Gasteiger partial charge in [0.05, 0.1) is 35.9 Å². The number of amides is 2. The molecule has 30 heavy (non-hydrogen) atoms. The number of nitro groups is 1. The van der Waals surface area contributed by atoms with Crippen molar-refractivity contribution in [1.82, 2.24) is 15.3 Å². The number of aromatic nitrogens is 2. The van der Waals surface area contributed by atoms with Crippen LogP contribution in [0.2, 0.25) is 0 Å². The van der Waals surface area contributed by atoms with Gasteiger partial charge in [-0.2, -0.15) is 0 Å². The molecule has 1 atom stereocenters. The zero-order chi connectivity index (χ0) is 21.8. The van der Waals surface area contributed by atoms with E-state index in [0.717, 1.165) is 12.4 Å². The number of benzene rings is 1. The third kappa shape index (κ3) is 4.92. The maximum absolute atomic E-state index is 14.7. The normalized spacial score (nSPS) is 15.6. The van der Waals surface area contributed by atoms with Gasteiger partial charge in [-0.25, -0.2) is 19.2 Å². The fourth-order valence-corrected chi connectivity index (χ4v) is 2.93. The largest absolute Gasteiger partial charge is 0.442 e. The summed E-state index contributed by atoms with van der Waals surface area (Å²) in [6.07, 6.45) is 0.953. The minimum absolute atomic E-state index is 0.100. The molecule has 1 saturated heterocycles. The van der Waals surface area contributed by atoms with Crippen molar-refractivity contribution in [3.8, 4) is 0 Å². The Hall–Kier alpha value is -3.48. The van der Waals surface area contributed by atoms with Gasteiger partial charge in [0.1, 0.15) is 30.1 Å². The first-order valence-corrected chi connectivity index (χ1v) is 9.10. The fourth-order valence-electron chi connectivity index (χ4n) is 2.83. The standard InChI is InChI=1S/C17H17FN6O5S/c1-22(9-15-19-5-11(6-20-15)24(27)28)14-3-2-10(4-13(14)18)23-8-12(29-17(23)26)7-21-16(25)30/h2-6,12H,7-9H2,1H3,(H2,21,25,30). The van der Waals surface area contributed by atoms with Crippen LogP contribution in [0.1, 0.15) is 5.82 Å². The second-order valence-electron chi connectivity index (χ2n) is 6.41. The van der Waals surface area contributed by atoms with Crippen LogP contribution >= 0.6 is 12.6 Å². The van der Waals surface area contributed by atoms with Crippen LogP contribution < -0.4 is 15.1 Å². The molecule has 11 nitrogen and oxygen atoms in total. The first-order valence-electron chi connectivity index (χ1n) is 8.65. The van der Waals surface area contributed by atoms with Crippen molar-refractivity contribution >= 4 is 41.0 Å². The molecule has 1 aliphatic heterocycles. The van der Waals surface area contributed by atoms with Crippen molar-refractivity contribution < 1.29 is 23.6 Å². The number of thiol groups is 1. The van der Waals surface area contributed by atoms with Gasteiger partial charge < -0.3 is 15.0 Å². The van der Waals surface area contributed by atoms with Gasteiger partial charge in [0, 0.05) is 7.05 Å². The highest BCUT2D eigenvalue weighted by Gasteiger charge is 2.32. The molecule has 1 aromatic carbocycles. The van der Waals surface area contributed by atoms with E-state index in [0.29, 0.717) is 5.69 Å². The highest BCUT2D eigenvalue weighted by atomic mass is 32.1. The summed E-state index contributed by atoms with van der Waals surface area (Å²) in [5, 5.41) is 12.6. The van der Waals surface area contributed by atoms with Gasteiger partial charge in [-0.05, 0) is 18.2 Å². The smallest absolute Gasteiger partial charge is 0.414 e. The van der Waals surface area contributed by atoms with E-state index in [1.165, 1.54) is 21.9 Å². The number of halogens is 1. The highest BCUT2D eigenvalue weighted by molar-refractivity contribution is 7.96. The highest BCUT2D eigenvalue weighted by Crippen LogP contribution is 2.28. The predicted octanol–water partition coefficient (Wildman–Crippen LogP) is 2.12. The van der Waals surface area contributed by atoms with E-state index in [2.05, 4.69) is 27.9 Å². The Morgan fingerprint density at radius 1 is 1.47 bits per heavy atom. The van der Waals surface area contributed by atoms with Crippen molar-refractivity contribution in [3.63, 3.8) is 0 Å². The van der Waals surface area contributed by atoms with E-state index in [1.54, 1.807) is 13.1 Å². The molecule has 2 heterocycles. The van der Waals surface area contributed by atoms with Gasteiger partial charge in [0.25, 0.3) is 5.24 Å². The van der Waals surface area contributed by atoms with E-state index in [9.17, 15) is 24.1 Å².